The lowest BCUT2D eigenvalue weighted by Crippen LogP contribution is -2.43. The van der Waals surface area contributed by atoms with Gasteiger partial charge in [-0.1, -0.05) is 26.2 Å². The maximum Gasteiger partial charge on any atom is 0.0149 e. The van der Waals surface area contributed by atoms with E-state index in [0.29, 0.717) is 5.41 Å². The van der Waals surface area contributed by atoms with Crippen LogP contribution in [-0.4, -0.2) is 24.5 Å². The molecule has 0 aromatic carbocycles. The van der Waals surface area contributed by atoms with E-state index in [1.807, 2.05) is 0 Å². The van der Waals surface area contributed by atoms with Gasteiger partial charge >= 0.3 is 0 Å². The van der Waals surface area contributed by atoms with Crippen LogP contribution in [0.15, 0.2) is 0 Å². The molecule has 1 nitrogen and oxygen atoms in total. The highest BCUT2D eigenvalue weighted by Gasteiger charge is 2.41. The molecule has 1 aliphatic carbocycles. The largest absolute Gasteiger partial charge is 0.303 e. The third kappa shape index (κ3) is 1.71. The summed E-state index contributed by atoms with van der Waals surface area (Å²) in [5.74, 6) is 0. The van der Waals surface area contributed by atoms with E-state index < -0.39 is 0 Å². The van der Waals surface area contributed by atoms with Crippen LogP contribution in [0.1, 0.15) is 58.3 Å². The van der Waals surface area contributed by atoms with E-state index in [1.54, 1.807) is 0 Å². The summed E-state index contributed by atoms with van der Waals surface area (Å²) >= 11 is 0. The predicted octanol–water partition coefficient (Wildman–Crippen LogP) is 3.44. The Kier molecular flexibility index (Phi) is 3.16. The standard InChI is InChI=1S/C13H25N/c1-3-13(9-5-4-6-10-13)12-8-7-11-14(12)2/h12H,3-11H2,1-2H3. The molecule has 2 rings (SSSR count). The van der Waals surface area contributed by atoms with Crippen molar-refractivity contribution in [2.75, 3.05) is 13.6 Å². The van der Waals surface area contributed by atoms with E-state index in [1.165, 1.54) is 57.9 Å². The summed E-state index contributed by atoms with van der Waals surface area (Å²) in [6.45, 7) is 3.75. The topological polar surface area (TPSA) is 3.24 Å². The van der Waals surface area contributed by atoms with Gasteiger partial charge in [-0.2, -0.15) is 0 Å². The summed E-state index contributed by atoms with van der Waals surface area (Å²) in [7, 11) is 2.34. The average molecular weight is 195 g/mol. The lowest BCUT2D eigenvalue weighted by molar-refractivity contribution is 0.0655. The first-order valence-electron chi connectivity index (χ1n) is 6.49. The highest BCUT2D eigenvalue weighted by molar-refractivity contribution is 4.95. The minimum Gasteiger partial charge on any atom is -0.303 e. The second-order valence-electron chi connectivity index (χ2n) is 5.42. The van der Waals surface area contributed by atoms with Crippen LogP contribution in [0.25, 0.3) is 0 Å². The number of hydrogen-bond donors (Lipinski definition) is 0. The molecule has 2 fully saturated rings. The van der Waals surface area contributed by atoms with Crippen LogP contribution in [0, 0.1) is 5.41 Å². The van der Waals surface area contributed by atoms with Crippen molar-refractivity contribution in [3.8, 4) is 0 Å². The summed E-state index contributed by atoms with van der Waals surface area (Å²) in [5.41, 5.74) is 0.698. The van der Waals surface area contributed by atoms with E-state index in [-0.39, 0.29) is 0 Å². The Morgan fingerprint density at radius 2 is 1.86 bits per heavy atom. The quantitative estimate of drug-likeness (QED) is 0.652. The molecule has 0 spiro atoms. The van der Waals surface area contributed by atoms with E-state index in [4.69, 9.17) is 0 Å². The zero-order valence-electron chi connectivity index (χ0n) is 9.89. The van der Waals surface area contributed by atoms with Crippen molar-refractivity contribution >= 4 is 0 Å². The van der Waals surface area contributed by atoms with Gasteiger partial charge < -0.3 is 4.90 Å². The van der Waals surface area contributed by atoms with Crippen LogP contribution >= 0.6 is 0 Å². The fourth-order valence-electron chi connectivity index (χ4n) is 3.86. The summed E-state index contributed by atoms with van der Waals surface area (Å²) in [6, 6.07) is 0.910. The first-order valence-corrected chi connectivity index (χ1v) is 6.49. The highest BCUT2D eigenvalue weighted by atomic mass is 15.2. The van der Waals surface area contributed by atoms with Gasteiger partial charge in [-0.05, 0) is 51.1 Å². The van der Waals surface area contributed by atoms with E-state index in [2.05, 4.69) is 18.9 Å². The molecule has 0 aromatic heterocycles. The molecule has 1 heteroatoms. The lowest BCUT2D eigenvalue weighted by atomic mass is 9.66. The summed E-state index contributed by atoms with van der Waals surface area (Å²) < 4.78 is 0. The molecule has 1 aliphatic heterocycles. The van der Waals surface area contributed by atoms with Crippen LogP contribution in [0.5, 0.6) is 0 Å². The Morgan fingerprint density at radius 1 is 1.14 bits per heavy atom. The van der Waals surface area contributed by atoms with E-state index in [9.17, 15) is 0 Å². The van der Waals surface area contributed by atoms with Crippen LogP contribution in [0.4, 0.5) is 0 Å². The van der Waals surface area contributed by atoms with Gasteiger partial charge in [0.25, 0.3) is 0 Å². The van der Waals surface area contributed by atoms with Crippen LogP contribution in [0.2, 0.25) is 0 Å². The highest BCUT2D eigenvalue weighted by Crippen LogP contribution is 2.46. The summed E-state index contributed by atoms with van der Waals surface area (Å²) in [5, 5.41) is 0. The third-order valence-corrected chi connectivity index (χ3v) is 4.78. The molecule has 0 bridgehead atoms. The molecule has 1 heterocycles. The minimum absolute atomic E-state index is 0.698. The van der Waals surface area contributed by atoms with Gasteiger partial charge in [0.15, 0.2) is 0 Å². The van der Waals surface area contributed by atoms with Crippen LogP contribution < -0.4 is 0 Å². The number of likely N-dealkylation sites (tertiary alicyclic amines) is 1. The second-order valence-corrected chi connectivity index (χ2v) is 5.42. The van der Waals surface area contributed by atoms with Gasteiger partial charge in [0, 0.05) is 6.04 Å². The van der Waals surface area contributed by atoms with Gasteiger partial charge in [0.1, 0.15) is 0 Å². The fourth-order valence-corrected chi connectivity index (χ4v) is 3.86. The first kappa shape index (κ1) is 10.5. The summed E-state index contributed by atoms with van der Waals surface area (Å²) in [4.78, 5) is 2.63. The Balaban J connectivity index is 2.09. The lowest BCUT2D eigenvalue weighted by Gasteiger charge is -2.44. The molecule has 0 aromatic rings. The zero-order valence-corrected chi connectivity index (χ0v) is 9.89. The van der Waals surface area contributed by atoms with Gasteiger partial charge in [0.2, 0.25) is 0 Å². The van der Waals surface area contributed by atoms with Gasteiger partial charge in [-0.25, -0.2) is 0 Å². The molecule has 1 unspecified atom stereocenters. The number of hydrogen-bond acceptors (Lipinski definition) is 1. The van der Waals surface area contributed by atoms with E-state index in [0.717, 1.165) is 6.04 Å². The fraction of sp³-hybridized carbons (Fsp3) is 1.00. The van der Waals surface area contributed by atoms with Gasteiger partial charge in [-0.3, -0.25) is 0 Å². The maximum atomic E-state index is 2.63. The third-order valence-electron chi connectivity index (χ3n) is 4.78. The van der Waals surface area contributed by atoms with Crippen molar-refractivity contribution in [3.05, 3.63) is 0 Å². The van der Waals surface area contributed by atoms with Crippen molar-refractivity contribution in [1.82, 2.24) is 4.90 Å². The molecular formula is C13H25N. The molecule has 1 atom stereocenters. The Bertz CT molecular complexity index is 182. The summed E-state index contributed by atoms with van der Waals surface area (Å²) in [6.07, 6.45) is 11.8. The normalized spacial score (nSPS) is 33.4. The molecule has 0 N–H and O–H groups in total. The van der Waals surface area contributed by atoms with Crippen molar-refractivity contribution in [3.63, 3.8) is 0 Å². The van der Waals surface area contributed by atoms with Crippen LogP contribution in [0.3, 0.4) is 0 Å². The molecule has 82 valence electrons. The van der Waals surface area contributed by atoms with Crippen molar-refractivity contribution in [1.29, 1.82) is 0 Å². The average Bonchev–Trinajstić information content (AvgIpc) is 2.66. The predicted molar refractivity (Wildman–Crippen MR) is 61.5 cm³/mol. The molecule has 1 saturated heterocycles. The van der Waals surface area contributed by atoms with Crippen molar-refractivity contribution in [2.24, 2.45) is 5.41 Å². The molecular weight excluding hydrogens is 170 g/mol. The Labute approximate surface area is 88.9 Å². The number of nitrogens with zero attached hydrogens (tertiary/aromatic N) is 1. The van der Waals surface area contributed by atoms with E-state index >= 15 is 0 Å². The monoisotopic (exact) mass is 195 g/mol. The molecule has 0 radical (unpaired) electrons. The van der Waals surface area contributed by atoms with Crippen molar-refractivity contribution < 1.29 is 0 Å². The van der Waals surface area contributed by atoms with Crippen LogP contribution in [-0.2, 0) is 0 Å². The van der Waals surface area contributed by atoms with Crippen molar-refractivity contribution in [2.45, 2.75) is 64.3 Å². The van der Waals surface area contributed by atoms with Gasteiger partial charge in [0.05, 0.1) is 0 Å². The first-order chi connectivity index (χ1) is 6.78. The molecule has 14 heavy (non-hydrogen) atoms. The van der Waals surface area contributed by atoms with Gasteiger partial charge in [-0.15, -0.1) is 0 Å². The Hall–Kier alpha value is -0.0400. The SMILES string of the molecule is CCC1(C2CCCN2C)CCCCC1. The second kappa shape index (κ2) is 4.22. The maximum absolute atomic E-state index is 2.63. The zero-order chi connectivity index (χ0) is 10.0. The molecule has 0 amide bonds. The minimum atomic E-state index is 0.698. The molecule has 1 saturated carbocycles. The Morgan fingerprint density at radius 3 is 2.36 bits per heavy atom. The molecule has 2 aliphatic rings. The smallest absolute Gasteiger partial charge is 0.0149 e. The number of rotatable bonds is 2.